The summed E-state index contributed by atoms with van der Waals surface area (Å²) in [5.74, 6) is -1.33. The fourth-order valence-electron chi connectivity index (χ4n) is 3.63. The maximum Gasteiger partial charge on any atom is 0.328 e. The van der Waals surface area contributed by atoms with Crippen molar-refractivity contribution in [2.45, 2.75) is 12.5 Å². The number of likely N-dealkylation sites (N-methyl/N-ethyl adjacent to an activating group) is 1. The van der Waals surface area contributed by atoms with Crippen LogP contribution in [-0.4, -0.2) is 58.7 Å². The SMILES string of the molecule is CN1CCN2c3ncccc3Cc3ccccc3C2C1.O=C(O)/C=C\C(=O)O. The Kier molecular flexibility index (Phi) is 6.06. The maximum absolute atomic E-state index is 9.55. The van der Waals surface area contributed by atoms with Gasteiger partial charge in [0.05, 0.1) is 6.04 Å². The van der Waals surface area contributed by atoms with E-state index in [0.717, 1.165) is 26.1 Å². The molecule has 2 aliphatic heterocycles. The standard InChI is InChI=1S/C17H19N3.C4H4O4/c1-19-9-10-20-16(12-19)15-7-3-2-5-13(15)11-14-6-4-8-18-17(14)20;5-3(6)1-2-4(7)8/h2-8,16H,9-12H2,1H3;1-2H,(H,5,6)(H,7,8)/b;2-1-. The molecule has 7 heteroatoms. The first kappa shape index (κ1) is 19.6. The highest BCUT2D eigenvalue weighted by Gasteiger charge is 2.32. The number of hydrogen-bond acceptors (Lipinski definition) is 5. The lowest BCUT2D eigenvalue weighted by molar-refractivity contribution is -0.134. The monoisotopic (exact) mass is 381 g/mol. The van der Waals surface area contributed by atoms with Crippen LogP contribution in [0.1, 0.15) is 22.7 Å². The number of carboxylic acids is 2. The largest absolute Gasteiger partial charge is 0.478 e. The second-order valence-corrected chi connectivity index (χ2v) is 6.84. The summed E-state index contributed by atoms with van der Waals surface area (Å²) >= 11 is 0. The molecule has 7 nitrogen and oxygen atoms in total. The third kappa shape index (κ3) is 4.55. The molecule has 1 aromatic carbocycles. The Morgan fingerprint density at radius 1 is 1.04 bits per heavy atom. The van der Waals surface area contributed by atoms with Crippen molar-refractivity contribution in [1.29, 1.82) is 0 Å². The van der Waals surface area contributed by atoms with Gasteiger partial charge in [-0.2, -0.15) is 0 Å². The zero-order chi connectivity index (χ0) is 20.1. The minimum Gasteiger partial charge on any atom is -0.478 e. The number of rotatable bonds is 2. The van der Waals surface area contributed by atoms with E-state index in [1.54, 1.807) is 0 Å². The molecule has 0 aliphatic carbocycles. The van der Waals surface area contributed by atoms with Gasteiger partial charge in [-0.25, -0.2) is 14.6 Å². The third-order valence-electron chi connectivity index (χ3n) is 4.89. The second kappa shape index (κ2) is 8.67. The zero-order valence-corrected chi connectivity index (χ0v) is 15.7. The molecule has 1 saturated heterocycles. The van der Waals surface area contributed by atoms with E-state index in [0.29, 0.717) is 18.2 Å². The predicted octanol–water partition coefficient (Wildman–Crippen LogP) is 2.19. The molecule has 146 valence electrons. The number of aliphatic carboxylic acids is 2. The van der Waals surface area contributed by atoms with Gasteiger partial charge in [-0.1, -0.05) is 30.3 Å². The van der Waals surface area contributed by atoms with Gasteiger partial charge >= 0.3 is 11.9 Å². The number of pyridine rings is 1. The van der Waals surface area contributed by atoms with E-state index < -0.39 is 11.9 Å². The van der Waals surface area contributed by atoms with Crippen LogP contribution in [0.3, 0.4) is 0 Å². The van der Waals surface area contributed by atoms with Gasteiger partial charge < -0.3 is 20.0 Å². The van der Waals surface area contributed by atoms with Crippen LogP contribution in [0.5, 0.6) is 0 Å². The average Bonchev–Trinajstić information content (AvgIpc) is 2.81. The summed E-state index contributed by atoms with van der Waals surface area (Å²) < 4.78 is 0. The van der Waals surface area contributed by atoms with E-state index in [1.165, 1.54) is 22.5 Å². The van der Waals surface area contributed by atoms with Crippen molar-refractivity contribution in [3.8, 4) is 0 Å². The lowest BCUT2D eigenvalue weighted by Gasteiger charge is -2.41. The van der Waals surface area contributed by atoms with E-state index in [9.17, 15) is 9.59 Å². The molecule has 0 radical (unpaired) electrons. The molecule has 1 atom stereocenters. The summed E-state index contributed by atoms with van der Waals surface area (Å²) in [6.45, 7) is 3.24. The van der Waals surface area contributed by atoms with Crippen LogP contribution in [0, 0.1) is 0 Å². The van der Waals surface area contributed by atoms with E-state index in [2.05, 4.69) is 58.2 Å². The van der Waals surface area contributed by atoms with Crippen LogP contribution in [0.4, 0.5) is 5.82 Å². The van der Waals surface area contributed by atoms with Crippen molar-refractivity contribution in [1.82, 2.24) is 9.88 Å². The highest BCUT2D eigenvalue weighted by molar-refractivity contribution is 5.89. The molecule has 0 saturated carbocycles. The third-order valence-corrected chi connectivity index (χ3v) is 4.89. The summed E-state index contributed by atoms with van der Waals surface area (Å²) in [7, 11) is 2.21. The maximum atomic E-state index is 9.55. The summed E-state index contributed by atoms with van der Waals surface area (Å²) in [6.07, 6.45) is 4.03. The summed E-state index contributed by atoms with van der Waals surface area (Å²) in [6, 6.07) is 13.6. The van der Waals surface area contributed by atoms with E-state index in [-0.39, 0.29) is 0 Å². The van der Waals surface area contributed by atoms with Crippen LogP contribution < -0.4 is 4.90 Å². The Morgan fingerprint density at radius 3 is 2.43 bits per heavy atom. The Hall–Kier alpha value is -3.19. The zero-order valence-electron chi connectivity index (χ0n) is 15.7. The number of aromatic nitrogens is 1. The Labute approximate surface area is 163 Å². The van der Waals surface area contributed by atoms with Crippen LogP contribution in [-0.2, 0) is 16.0 Å². The lowest BCUT2D eigenvalue weighted by atomic mass is 9.96. The molecular formula is C21H23N3O4. The van der Waals surface area contributed by atoms with Crippen molar-refractivity contribution in [2.24, 2.45) is 0 Å². The highest BCUT2D eigenvalue weighted by atomic mass is 16.4. The van der Waals surface area contributed by atoms with Crippen molar-refractivity contribution < 1.29 is 19.8 Å². The Bertz CT molecular complexity index is 881. The topological polar surface area (TPSA) is 94.0 Å². The van der Waals surface area contributed by atoms with E-state index in [4.69, 9.17) is 10.2 Å². The van der Waals surface area contributed by atoms with Gasteiger partial charge in [0.1, 0.15) is 5.82 Å². The fourth-order valence-corrected chi connectivity index (χ4v) is 3.63. The summed E-state index contributed by atoms with van der Waals surface area (Å²) in [4.78, 5) is 28.7. The van der Waals surface area contributed by atoms with Crippen molar-refractivity contribution in [2.75, 3.05) is 31.6 Å². The molecule has 1 aromatic heterocycles. The number of nitrogens with zero attached hydrogens (tertiary/aromatic N) is 3. The number of hydrogen-bond donors (Lipinski definition) is 2. The van der Waals surface area contributed by atoms with Gasteiger partial charge in [0.15, 0.2) is 0 Å². The number of carboxylic acid groups (broad SMARTS) is 2. The molecule has 28 heavy (non-hydrogen) atoms. The fraction of sp³-hybridized carbons (Fsp3) is 0.286. The lowest BCUT2D eigenvalue weighted by Crippen LogP contribution is -2.47. The van der Waals surface area contributed by atoms with Gasteiger partial charge in [0, 0.05) is 44.4 Å². The van der Waals surface area contributed by atoms with E-state index >= 15 is 0 Å². The molecule has 0 bridgehead atoms. The molecule has 4 rings (SSSR count). The van der Waals surface area contributed by atoms with E-state index in [1.807, 2.05) is 6.20 Å². The van der Waals surface area contributed by atoms with Crippen LogP contribution in [0.15, 0.2) is 54.7 Å². The van der Waals surface area contributed by atoms with Gasteiger partial charge in [-0.15, -0.1) is 0 Å². The van der Waals surface area contributed by atoms with Gasteiger partial charge in [0.25, 0.3) is 0 Å². The normalized spacial score (nSPS) is 18.2. The molecule has 1 unspecified atom stereocenters. The van der Waals surface area contributed by atoms with Crippen molar-refractivity contribution >= 4 is 17.8 Å². The summed E-state index contributed by atoms with van der Waals surface area (Å²) in [5.41, 5.74) is 4.27. The van der Waals surface area contributed by atoms with Gasteiger partial charge in [-0.05, 0) is 29.8 Å². The van der Waals surface area contributed by atoms with Crippen LogP contribution in [0.25, 0.3) is 0 Å². The van der Waals surface area contributed by atoms with Gasteiger partial charge in [0.2, 0.25) is 0 Å². The molecule has 3 heterocycles. The predicted molar refractivity (Wildman–Crippen MR) is 105 cm³/mol. The molecule has 2 aliphatic rings. The quantitative estimate of drug-likeness (QED) is 0.770. The number of anilines is 1. The first-order valence-corrected chi connectivity index (χ1v) is 9.06. The van der Waals surface area contributed by atoms with Crippen LogP contribution in [0.2, 0.25) is 0 Å². The average molecular weight is 381 g/mol. The smallest absolute Gasteiger partial charge is 0.328 e. The number of benzene rings is 1. The van der Waals surface area contributed by atoms with Crippen molar-refractivity contribution in [3.05, 3.63) is 71.4 Å². The molecule has 2 aromatic rings. The first-order valence-electron chi connectivity index (χ1n) is 9.06. The molecule has 0 amide bonds. The first-order chi connectivity index (χ1) is 13.5. The minimum atomic E-state index is -1.26. The minimum absolute atomic E-state index is 0.432. The van der Waals surface area contributed by atoms with Gasteiger partial charge in [-0.3, -0.25) is 0 Å². The number of carbonyl (C=O) groups is 2. The number of fused-ring (bicyclic) bond motifs is 5. The second-order valence-electron chi connectivity index (χ2n) is 6.84. The Balaban J connectivity index is 0.000000242. The molecular weight excluding hydrogens is 358 g/mol. The molecule has 1 fully saturated rings. The van der Waals surface area contributed by atoms with Crippen molar-refractivity contribution in [3.63, 3.8) is 0 Å². The number of piperazine rings is 1. The highest BCUT2D eigenvalue weighted by Crippen LogP contribution is 2.37. The molecule has 0 spiro atoms. The van der Waals surface area contributed by atoms with Crippen LogP contribution >= 0.6 is 0 Å². The molecule has 2 N–H and O–H groups in total. The summed E-state index contributed by atoms with van der Waals surface area (Å²) in [5, 5.41) is 15.6. The Morgan fingerprint density at radius 2 is 1.71 bits per heavy atom.